The van der Waals surface area contributed by atoms with Gasteiger partial charge in [-0.3, -0.25) is 0 Å². The number of halogens is 1. The smallest absolute Gasteiger partial charge is 0.347 e. The van der Waals surface area contributed by atoms with Gasteiger partial charge in [0.15, 0.2) is 0 Å². The Morgan fingerprint density at radius 3 is 2.30 bits per heavy atom. The van der Waals surface area contributed by atoms with Crippen LogP contribution in [0.5, 0.6) is 11.5 Å². The zero-order valence-corrected chi connectivity index (χ0v) is 12.3. The van der Waals surface area contributed by atoms with Crippen LogP contribution in [-0.2, 0) is 0 Å². The number of ether oxygens (including phenoxy) is 2. The van der Waals surface area contributed by atoms with E-state index in [9.17, 15) is 4.79 Å². The largest absolute Gasteiger partial charge is 0.496 e. The van der Waals surface area contributed by atoms with Gasteiger partial charge >= 0.3 is 5.97 Å². The molecule has 0 bridgehead atoms. The monoisotopic (exact) mass is 290 g/mol. The number of esters is 1. The van der Waals surface area contributed by atoms with Gasteiger partial charge in [-0.15, -0.1) is 0 Å². The molecule has 4 heteroatoms. The third-order valence-electron chi connectivity index (χ3n) is 2.95. The molecule has 0 aliphatic carbocycles. The number of aryl methyl sites for hydroxylation is 2. The molecule has 0 fully saturated rings. The molecule has 0 saturated carbocycles. The first kappa shape index (κ1) is 14.4. The number of rotatable bonds is 3. The summed E-state index contributed by atoms with van der Waals surface area (Å²) in [4.78, 5) is 12.2. The fourth-order valence-corrected chi connectivity index (χ4v) is 2.05. The molecule has 0 aliphatic heterocycles. The molecule has 0 unspecified atom stereocenters. The third-order valence-corrected chi connectivity index (χ3v) is 3.54. The first-order valence-corrected chi connectivity index (χ1v) is 6.52. The van der Waals surface area contributed by atoms with Crippen LogP contribution in [0.2, 0.25) is 5.02 Å². The van der Waals surface area contributed by atoms with Crippen molar-refractivity contribution in [3.63, 3.8) is 0 Å². The fourth-order valence-electron chi connectivity index (χ4n) is 1.94. The van der Waals surface area contributed by atoms with Crippen molar-refractivity contribution >= 4 is 17.6 Å². The summed E-state index contributed by atoms with van der Waals surface area (Å²) in [5.74, 6) is 0.504. The van der Waals surface area contributed by atoms with E-state index in [4.69, 9.17) is 21.1 Å². The van der Waals surface area contributed by atoms with Gasteiger partial charge in [-0.1, -0.05) is 23.7 Å². The SMILES string of the molecule is COc1ccccc1C(=O)Oc1cc(C)c(Cl)c(C)c1. The molecule has 2 aromatic rings. The highest BCUT2D eigenvalue weighted by Crippen LogP contribution is 2.27. The number of methoxy groups -OCH3 is 1. The molecule has 0 amide bonds. The van der Waals surface area contributed by atoms with Crippen LogP contribution in [0.1, 0.15) is 21.5 Å². The molecule has 0 atom stereocenters. The van der Waals surface area contributed by atoms with E-state index in [2.05, 4.69) is 0 Å². The predicted octanol–water partition coefficient (Wildman–Crippen LogP) is 4.18. The molecule has 0 radical (unpaired) electrons. The van der Waals surface area contributed by atoms with Gasteiger partial charge in [0.1, 0.15) is 17.1 Å². The van der Waals surface area contributed by atoms with Crippen LogP contribution in [-0.4, -0.2) is 13.1 Å². The van der Waals surface area contributed by atoms with Crippen molar-refractivity contribution in [3.05, 3.63) is 58.1 Å². The van der Waals surface area contributed by atoms with E-state index in [0.29, 0.717) is 22.1 Å². The highest BCUT2D eigenvalue weighted by atomic mass is 35.5. The van der Waals surface area contributed by atoms with Crippen LogP contribution in [0.4, 0.5) is 0 Å². The Hall–Kier alpha value is -2.00. The number of hydrogen-bond donors (Lipinski definition) is 0. The molecule has 2 aromatic carbocycles. The number of para-hydroxylation sites is 1. The van der Waals surface area contributed by atoms with Crippen LogP contribution >= 0.6 is 11.6 Å². The molecule has 0 saturated heterocycles. The average molecular weight is 291 g/mol. The van der Waals surface area contributed by atoms with Gasteiger partial charge in [0, 0.05) is 5.02 Å². The molecule has 0 aromatic heterocycles. The lowest BCUT2D eigenvalue weighted by Gasteiger charge is -2.10. The number of hydrogen-bond acceptors (Lipinski definition) is 3. The van der Waals surface area contributed by atoms with Crippen LogP contribution < -0.4 is 9.47 Å². The van der Waals surface area contributed by atoms with E-state index >= 15 is 0 Å². The average Bonchev–Trinajstić information content (AvgIpc) is 2.44. The summed E-state index contributed by atoms with van der Waals surface area (Å²) in [7, 11) is 1.52. The van der Waals surface area contributed by atoms with Gasteiger partial charge < -0.3 is 9.47 Å². The summed E-state index contributed by atoms with van der Waals surface area (Å²) in [5.41, 5.74) is 2.13. The highest BCUT2D eigenvalue weighted by Gasteiger charge is 2.14. The first-order valence-electron chi connectivity index (χ1n) is 6.15. The number of benzene rings is 2. The van der Waals surface area contributed by atoms with Crippen molar-refractivity contribution in [2.24, 2.45) is 0 Å². The summed E-state index contributed by atoms with van der Waals surface area (Å²) in [6.45, 7) is 3.74. The molecule has 0 spiro atoms. The maximum absolute atomic E-state index is 12.2. The summed E-state index contributed by atoms with van der Waals surface area (Å²) in [6.07, 6.45) is 0. The van der Waals surface area contributed by atoms with Crippen molar-refractivity contribution in [3.8, 4) is 11.5 Å². The molecular weight excluding hydrogens is 276 g/mol. The summed E-state index contributed by atoms with van der Waals surface area (Å²) >= 11 is 6.09. The minimum atomic E-state index is -0.455. The minimum absolute atomic E-state index is 0.389. The van der Waals surface area contributed by atoms with Crippen molar-refractivity contribution < 1.29 is 14.3 Å². The van der Waals surface area contributed by atoms with E-state index in [-0.39, 0.29) is 0 Å². The summed E-state index contributed by atoms with van der Waals surface area (Å²) in [6, 6.07) is 10.4. The second-order valence-corrected chi connectivity index (χ2v) is 4.84. The second-order valence-electron chi connectivity index (χ2n) is 4.46. The zero-order valence-electron chi connectivity index (χ0n) is 11.6. The molecule has 0 heterocycles. The molecule has 3 nitrogen and oxygen atoms in total. The highest BCUT2D eigenvalue weighted by molar-refractivity contribution is 6.32. The Kier molecular flexibility index (Phi) is 4.30. The number of carbonyl (C=O) groups excluding carboxylic acids is 1. The van der Waals surface area contributed by atoms with E-state index < -0.39 is 5.97 Å². The molecule has 0 aliphatic rings. The molecule has 20 heavy (non-hydrogen) atoms. The molecule has 2 rings (SSSR count). The minimum Gasteiger partial charge on any atom is -0.496 e. The van der Waals surface area contributed by atoms with Gasteiger partial charge in [-0.25, -0.2) is 4.79 Å². The lowest BCUT2D eigenvalue weighted by atomic mass is 10.1. The maximum Gasteiger partial charge on any atom is 0.347 e. The maximum atomic E-state index is 12.2. The second kappa shape index (κ2) is 5.97. The van der Waals surface area contributed by atoms with Crippen molar-refractivity contribution in [1.29, 1.82) is 0 Å². The van der Waals surface area contributed by atoms with Gasteiger partial charge in [0.25, 0.3) is 0 Å². The van der Waals surface area contributed by atoms with Gasteiger partial charge in [-0.2, -0.15) is 0 Å². The van der Waals surface area contributed by atoms with Gasteiger partial charge in [-0.05, 0) is 49.2 Å². The standard InChI is InChI=1S/C16H15ClO3/c1-10-8-12(9-11(2)15(10)17)20-16(18)13-6-4-5-7-14(13)19-3/h4-9H,1-3H3. The molecule has 104 valence electrons. The van der Waals surface area contributed by atoms with E-state index in [1.807, 2.05) is 13.8 Å². The predicted molar refractivity (Wildman–Crippen MR) is 78.9 cm³/mol. The van der Waals surface area contributed by atoms with Crippen LogP contribution in [0, 0.1) is 13.8 Å². The van der Waals surface area contributed by atoms with E-state index in [1.54, 1.807) is 36.4 Å². The fraction of sp³-hybridized carbons (Fsp3) is 0.188. The zero-order chi connectivity index (χ0) is 14.7. The van der Waals surface area contributed by atoms with Crippen molar-refractivity contribution in [2.45, 2.75) is 13.8 Å². The van der Waals surface area contributed by atoms with Gasteiger partial charge in [0.2, 0.25) is 0 Å². The summed E-state index contributed by atoms with van der Waals surface area (Å²) < 4.78 is 10.5. The Morgan fingerprint density at radius 1 is 1.10 bits per heavy atom. The van der Waals surface area contributed by atoms with E-state index in [1.165, 1.54) is 7.11 Å². The Morgan fingerprint density at radius 2 is 1.70 bits per heavy atom. The van der Waals surface area contributed by atoms with Crippen molar-refractivity contribution in [2.75, 3.05) is 7.11 Å². The number of carbonyl (C=O) groups is 1. The van der Waals surface area contributed by atoms with Crippen molar-refractivity contribution in [1.82, 2.24) is 0 Å². The normalized spacial score (nSPS) is 10.2. The molecular formula is C16H15ClO3. The molecule has 0 N–H and O–H groups in total. The Balaban J connectivity index is 2.28. The quantitative estimate of drug-likeness (QED) is 0.628. The van der Waals surface area contributed by atoms with Crippen LogP contribution in [0.3, 0.4) is 0 Å². The van der Waals surface area contributed by atoms with Gasteiger partial charge in [0.05, 0.1) is 7.11 Å². The third kappa shape index (κ3) is 2.94. The van der Waals surface area contributed by atoms with E-state index in [0.717, 1.165) is 11.1 Å². The topological polar surface area (TPSA) is 35.5 Å². The van der Waals surface area contributed by atoms with Crippen LogP contribution in [0.15, 0.2) is 36.4 Å². The summed E-state index contributed by atoms with van der Waals surface area (Å²) in [5, 5.41) is 0.682. The Bertz CT molecular complexity index is 627. The lowest BCUT2D eigenvalue weighted by molar-refractivity contribution is 0.0731. The first-order chi connectivity index (χ1) is 9.52. The Labute approximate surface area is 123 Å². The van der Waals surface area contributed by atoms with Crippen LogP contribution in [0.25, 0.3) is 0 Å². The lowest BCUT2D eigenvalue weighted by Crippen LogP contribution is -2.10.